The Hall–Kier alpha value is -1.84. The van der Waals surface area contributed by atoms with Crippen LogP contribution in [0.2, 0.25) is 0 Å². The lowest BCUT2D eigenvalue weighted by molar-refractivity contribution is -0.115. The van der Waals surface area contributed by atoms with Crippen LogP contribution in [0.25, 0.3) is 0 Å². The van der Waals surface area contributed by atoms with E-state index in [0.717, 1.165) is 11.3 Å². The number of amidine groups is 1. The Balaban J connectivity index is 2.65. The second kappa shape index (κ2) is 4.41. The fraction of sp³-hybridized carbons (Fsp3) is 0.200. The zero-order valence-electron chi connectivity index (χ0n) is 8.00. The topological polar surface area (TPSA) is 79.0 Å². The van der Waals surface area contributed by atoms with Crippen LogP contribution in [0.1, 0.15) is 12.0 Å². The van der Waals surface area contributed by atoms with Gasteiger partial charge in [0.1, 0.15) is 5.84 Å². The van der Waals surface area contributed by atoms with Gasteiger partial charge in [-0.3, -0.25) is 10.2 Å². The zero-order chi connectivity index (χ0) is 10.6. The number of rotatable bonds is 3. The molecule has 0 spiro atoms. The van der Waals surface area contributed by atoms with Crippen molar-refractivity contribution in [1.82, 2.24) is 0 Å². The van der Waals surface area contributed by atoms with Crippen LogP contribution in [-0.4, -0.2) is 11.7 Å². The summed E-state index contributed by atoms with van der Waals surface area (Å²) in [5, 5.41) is 9.64. The van der Waals surface area contributed by atoms with Crippen LogP contribution in [0.3, 0.4) is 0 Å². The van der Waals surface area contributed by atoms with Gasteiger partial charge in [0.15, 0.2) is 0 Å². The molecule has 0 aliphatic heterocycles. The number of anilines is 1. The van der Waals surface area contributed by atoms with E-state index in [9.17, 15) is 4.79 Å². The van der Waals surface area contributed by atoms with Crippen molar-refractivity contribution < 1.29 is 4.79 Å². The number of benzene rings is 1. The predicted octanol–water partition coefficient (Wildman–Crippen LogP) is 1.26. The van der Waals surface area contributed by atoms with Gasteiger partial charge >= 0.3 is 0 Å². The quantitative estimate of drug-likeness (QED) is 0.496. The van der Waals surface area contributed by atoms with Crippen LogP contribution < -0.4 is 11.1 Å². The molecule has 1 rings (SSSR count). The van der Waals surface area contributed by atoms with E-state index in [4.69, 9.17) is 11.1 Å². The largest absolute Gasteiger partial charge is 0.387 e. The van der Waals surface area contributed by atoms with Gasteiger partial charge in [0.25, 0.3) is 0 Å². The van der Waals surface area contributed by atoms with E-state index < -0.39 is 0 Å². The minimum atomic E-state index is -0.258. The van der Waals surface area contributed by atoms with Gasteiger partial charge in [0.05, 0.1) is 6.42 Å². The van der Waals surface area contributed by atoms with Gasteiger partial charge in [-0.15, -0.1) is 0 Å². The Morgan fingerprint density at radius 3 is 2.71 bits per heavy atom. The summed E-state index contributed by atoms with van der Waals surface area (Å²) in [5.74, 6) is -0.386. The van der Waals surface area contributed by atoms with Crippen LogP contribution in [0.5, 0.6) is 0 Å². The molecule has 4 nitrogen and oxygen atoms in total. The number of nitrogens with one attached hydrogen (secondary N) is 2. The number of amides is 1. The van der Waals surface area contributed by atoms with E-state index >= 15 is 0 Å². The lowest BCUT2D eigenvalue weighted by atomic mass is 10.2. The van der Waals surface area contributed by atoms with Crippen LogP contribution in [0.4, 0.5) is 5.69 Å². The van der Waals surface area contributed by atoms with Crippen molar-refractivity contribution >= 4 is 17.4 Å². The highest BCUT2D eigenvalue weighted by molar-refractivity contribution is 6.04. The third-order valence-electron chi connectivity index (χ3n) is 1.77. The zero-order valence-corrected chi connectivity index (χ0v) is 8.00. The average molecular weight is 191 g/mol. The highest BCUT2D eigenvalue weighted by atomic mass is 16.1. The molecule has 0 saturated heterocycles. The number of aryl methyl sites for hydroxylation is 1. The first-order chi connectivity index (χ1) is 6.59. The molecule has 0 heterocycles. The summed E-state index contributed by atoms with van der Waals surface area (Å²) >= 11 is 0. The minimum Gasteiger partial charge on any atom is -0.387 e. The van der Waals surface area contributed by atoms with Gasteiger partial charge in [-0.1, -0.05) is 18.2 Å². The second-order valence-corrected chi connectivity index (χ2v) is 3.07. The maximum atomic E-state index is 11.2. The third-order valence-corrected chi connectivity index (χ3v) is 1.77. The molecular weight excluding hydrogens is 178 g/mol. The lowest BCUT2D eigenvalue weighted by Gasteiger charge is -2.06. The Morgan fingerprint density at radius 1 is 1.50 bits per heavy atom. The maximum Gasteiger partial charge on any atom is 0.231 e. The molecule has 0 aliphatic rings. The van der Waals surface area contributed by atoms with E-state index in [2.05, 4.69) is 5.32 Å². The van der Waals surface area contributed by atoms with Crippen molar-refractivity contribution in [3.8, 4) is 0 Å². The fourth-order valence-electron chi connectivity index (χ4n) is 1.08. The molecule has 0 radical (unpaired) electrons. The van der Waals surface area contributed by atoms with Crippen molar-refractivity contribution in [2.75, 3.05) is 5.32 Å². The van der Waals surface area contributed by atoms with Gasteiger partial charge in [0.2, 0.25) is 5.91 Å². The summed E-state index contributed by atoms with van der Waals surface area (Å²) in [6, 6.07) is 7.46. The number of para-hydroxylation sites is 1. The third kappa shape index (κ3) is 2.90. The summed E-state index contributed by atoms with van der Waals surface area (Å²) in [5.41, 5.74) is 6.86. The molecule has 0 bridgehead atoms. The molecule has 0 atom stereocenters. The molecule has 0 unspecified atom stereocenters. The highest BCUT2D eigenvalue weighted by Gasteiger charge is 2.04. The van der Waals surface area contributed by atoms with Gasteiger partial charge in [-0.05, 0) is 18.6 Å². The van der Waals surface area contributed by atoms with E-state index in [1.165, 1.54) is 0 Å². The van der Waals surface area contributed by atoms with Crippen molar-refractivity contribution in [2.24, 2.45) is 5.73 Å². The smallest absolute Gasteiger partial charge is 0.231 e. The molecule has 74 valence electrons. The van der Waals surface area contributed by atoms with E-state index in [1.807, 2.05) is 31.2 Å². The van der Waals surface area contributed by atoms with Crippen LogP contribution in [-0.2, 0) is 4.79 Å². The summed E-state index contributed by atoms with van der Waals surface area (Å²) < 4.78 is 0. The number of carbonyl (C=O) groups excluding carboxylic acids is 1. The van der Waals surface area contributed by atoms with E-state index in [1.54, 1.807) is 0 Å². The second-order valence-electron chi connectivity index (χ2n) is 3.07. The summed E-state index contributed by atoms with van der Waals surface area (Å²) in [6.07, 6.45) is -0.0612. The van der Waals surface area contributed by atoms with Crippen molar-refractivity contribution in [3.63, 3.8) is 0 Å². The molecule has 1 amide bonds. The van der Waals surface area contributed by atoms with Crippen LogP contribution in [0, 0.1) is 12.3 Å². The normalized spacial score (nSPS) is 9.50. The Kier molecular flexibility index (Phi) is 3.23. The molecule has 0 aromatic heterocycles. The molecular formula is C10H13N3O. The van der Waals surface area contributed by atoms with Gasteiger partial charge in [0, 0.05) is 5.69 Å². The first-order valence-corrected chi connectivity index (χ1v) is 4.28. The predicted molar refractivity (Wildman–Crippen MR) is 56.3 cm³/mol. The highest BCUT2D eigenvalue weighted by Crippen LogP contribution is 2.12. The molecule has 14 heavy (non-hydrogen) atoms. The summed E-state index contributed by atoms with van der Waals surface area (Å²) in [7, 11) is 0. The van der Waals surface area contributed by atoms with Gasteiger partial charge in [-0.25, -0.2) is 0 Å². The first kappa shape index (κ1) is 10.2. The van der Waals surface area contributed by atoms with E-state index in [0.29, 0.717) is 0 Å². The Morgan fingerprint density at radius 2 is 2.14 bits per heavy atom. The molecule has 1 aromatic rings. The summed E-state index contributed by atoms with van der Waals surface area (Å²) in [4.78, 5) is 11.2. The SMILES string of the molecule is Cc1ccccc1NC(=O)CC(=N)N. The number of nitrogens with two attached hydrogens (primary N) is 1. The fourth-order valence-corrected chi connectivity index (χ4v) is 1.08. The Labute approximate surface area is 82.6 Å². The van der Waals surface area contributed by atoms with Crippen LogP contribution >= 0.6 is 0 Å². The van der Waals surface area contributed by atoms with Gasteiger partial charge in [-0.2, -0.15) is 0 Å². The number of hydrogen-bond acceptors (Lipinski definition) is 2. The molecule has 0 fully saturated rings. The van der Waals surface area contributed by atoms with Crippen LogP contribution in [0.15, 0.2) is 24.3 Å². The monoisotopic (exact) mass is 191 g/mol. The maximum absolute atomic E-state index is 11.2. The minimum absolute atomic E-state index is 0.0612. The molecule has 4 N–H and O–H groups in total. The Bertz CT molecular complexity index is 360. The van der Waals surface area contributed by atoms with Gasteiger partial charge < -0.3 is 11.1 Å². The number of carbonyl (C=O) groups is 1. The van der Waals surface area contributed by atoms with Crippen molar-refractivity contribution in [3.05, 3.63) is 29.8 Å². The van der Waals surface area contributed by atoms with Crippen molar-refractivity contribution in [2.45, 2.75) is 13.3 Å². The standard InChI is InChI=1S/C10H13N3O/c1-7-4-2-3-5-8(7)13-10(14)6-9(11)12/h2-5H,6H2,1H3,(H3,11,12)(H,13,14). The summed E-state index contributed by atoms with van der Waals surface area (Å²) in [6.45, 7) is 1.91. The molecule has 4 heteroatoms. The lowest BCUT2D eigenvalue weighted by Crippen LogP contribution is -2.21. The van der Waals surface area contributed by atoms with E-state index in [-0.39, 0.29) is 18.2 Å². The number of hydrogen-bond donors (Lipinski definition) is 3. The molecule has 0 saturated carbocycles. The van der Waals surface area contributed by atoms with Crippen molar-refractivity contribution in [1.29, 1.82) is 5.41 Å². The first-order valence-electron chi connectivity index (χ1n) is 4.28. The molecule has 0 aliphatic carbocycles. The average Bonchev–Trinajstić information content (AvgIpc) is 2.07. The molecule has 1 aromatic carbocycles.